The van der Waals surface area contributed by atoms with E-state index in [0.29, 0.717) is 18.8 Å². The molecule has 170 valence electrons. The van der Waals surface area contributed by atoms with Crippen LogP contribution < -0.4 is 10.1 Å². The molecule has 0 spiro atoms. The first-order chi connectivity index (χ1) is 15.6. The molecule has 1 aliphatic heterocycles. The first kappa shape index (κ1) is 22.8. The molecule has 3 heterocycles. The lowest BCUT2D eigenvalue weighted by Crippen LogP contribution is -2.28. The van der Waals surface area contributed by atoms with Gasteiger partial charge in [0.1, 0.15) is 15.8 Å². The molecule has 0 saturated carbocycles. The normalized spacial score (nSPS) is 17.1. The van der Waals surface area contributed by atoms with Gasteiger partial charge in [0.05, 0.1) is 11.6 Å². The Labute approximate surface area is 200 Å². The van der Waals surface area contributed by atoms with Crippen molar-refractivity contribution in [2.45, 2.75) is 51.5 Å². The molecule has 0 radical (unpaired) electrons. The number of ether oxygens (including phenoxy) is 3. The van der Waals surface area contributed by atoms with E-state index >= 15 is 0 Å². The predicted molar refractivity (Wildman–Crippen MR) is 128 cm³/mol. The minimum atomic E-state index is -0.438. The second-order valence-electron chi connectivity index (χ2n) is 7.78. The Bertz CT molecular complexity index is 1040. The predicted octanol–water partition coefficient (Wildman–Crippen LogP) is 4.82. The van der Waals surface area contributed by atoms with Gasteiger partial charge in [-0.05, 0) is 60.4 Å². The summed E-state index contributed by atoms with van der Waals surface area (Å²) in [6, 6.07) is 13.4. The van der Waals surface area contributed by atoms with Gasteiger partial charge < -0.3 is 19.5 Å². The third kappa shape index (κ3) is 5.89. The summed E-state index contributed by atoms with van der Waals surface area (Å²) in [4.78, 5) is 16.5. The number of hydrogen-bond donors (Lipinski definition) is 1. The van der Waals surface area contributed by atoms with Crippen molar-refractivity contribution in [1.82, 2.24) is 20.1 Å². The Morgan fingerprint density at radius 3 is 2.91 bits per heavy atom. The number of nitrogens with one attached hydrogen (secondary N) is 1. The van der Waals surface area contributed by atoms with Crippen LogP contribution in [0.3, 0.4) is 0 Å². The summed E-state index contributed by atoms with van der Waals surface area (Å²) in [5.41, 5.74) is 2.71. The quantitative estimate of drug-likeness (QED) is 0.405. The van der Waals surface area contributed by atoms with Gasteiger partial charge in [-0.15, -0.1) is 0 Å². The van der Waals surface area contributed by atoms with Crippen molar-refractivity contribution in [1.29, 1.82) is 0 Å². The second kappa shape index (κ2) is 11.0. The van der Waals surface area contributed by atoms with E-state index in [0.717, 1.165) is 46.2 Å². The van der Waals surface area contributed by atoms with E-state index in [4.69, 9.17) is 14.2 Å². The van der Waals surface area contributed by atoms with Crippen molar-refractivity contribution in [3.8, 4) is 5.88 Å². The maximum absolute atomic E-state index is 11.9. The Kier molecular flexibility index (Phi) is 7.80. The number of fused-ring (bicyclic) bond motifs is 1. The average molecular weight is 550 g/mol. The third-order valence-electron chi connectivity index (χ3n) is 5.27. The lowest BCUT2D eigenvalue weighted by atomic mass is 10.2. The molecule has 1 amide bonds. The highest BCUT2D eigenvalue weighted by Gasteiger charge is 2.21. The van der Waals surface area contributed by atoms with Crippen LogP contribution in [0, 0.1) is 3.70 Å². The van der Waals surface area contributed by atoms with E-state index in [1.807, 2.05) is 54.1 Å². The number of amides is 1. The van der Waals surface area contributed by atoms with Crippen LogP contribution in [0.1, 0.15) is 44.4 Å². The fraction of sp³-hybridized carbons (Fsp3) is 0.435. The topological polar surface area (TPSA) is 87.5 Å². The summed E-state index contributed by atoms with van der Waals surface area (Å²) in [6.45, 7) is 3.42. The van der Waals surface area contributed by atoms with E-state index in [2.05, 4.69) is 38.0 Å². The molecule has 2 aromatic heterocycles. The first-order valence-electron chi connectivity index (χ1n) is 10.9. The highest BCUT2D eigenvalue weighted by molar-refractivity contribution is 14.1. The zero-order valence-corrected chi connectivity index (χ0v) is 20.2. The molecular formula is C23H27IN4O4. The van der Waals surface area contributed by atoms with Crippen molar-refractivity contribution < 1.29 is 19.0 Å². The highest BCUT2D eigenvalue weighted by atomic mass is 127. The molecule has 3 aromatic rings. The van der Waals surface area contributed by atoms with Gasteiger partial charge in [0.25, 0.3) is 0 Å². The van der Waals surface area contributed by atoms with Gasteiger partial charge in [-0.3, -0.25) is 0 Å². The van der Waals surface area contributed by atoms with Crippen molar-refractivity contribution in [2.24, 2.45) is 0 Å². The first-order valence-corrected chi connectivity index (χ1v) is 12.0. The molecule has 1 unspecified atom stereocenters. The maximum atomic E-state index is 11.9. The number of carbonyl (C=O) groups excluding carboxylic acids is 1. The molecule has 1 fully saturated rings. The third-order valence-corrected chi connectivity index (χ3v) is 6.00. The number of pyridine rings is 1. The van der Waals surface area contributed by atoms with E-state index in [-0.39, 0.29) is 18.9 Å². The van der Waals surface area contributed by atoms with Crippen LogP contribution in [0.25, 0.3) is 11.0 Å². The van der Waals surface area contributed by atoms with Crippen molar-refractivity contribution >= 4 is 39.7 Å². The molecule has 1 N–H and O–H groups in total. The monoisotopic (exact) mass is 550 g/mol. The highest BCUT2D eigenvalue weighted by Crippen LogP contribution is 2.29. The Hall–Kier alpha value is -2.40. The molecule has 32 heavy (non-hydrogen) atoms. The van der Waals surface area contributed by atoms with Gasteiger partial charge in [-0.2, -0.15) is 5.10 Å². The van der Waals surface area contributed by atoms with Crippen LogP contribution >= 0.6 is 22.6 Å². The number of benzene rings is 1. The van der Waals surface area contributed by atoms with Crippen molar-refractivity contribution in [3.63, 3.8) is 0 Å². The summed E-state index contributed by atoms with van der Waals surface area (Å²) in [6.07, 6.45) is 3.24. The molecule has 4 rings (SSSR count). The van der Waals surface area contributed by atoms with Crippen molar-refractivity contribution in [3.05, 3.63) is 51.7 Å². The van der Waals surface area contributed by atoms with Gasteiger partial charge in [-0.1, -0.05) is 30.3 Å². The lowest BCUT2D eigenvalue weighted by Gasteiger charge is -2.23. The van der Waals surface area contributed by atoms with Crippen LogP contribution in [-0.4, -0.2) is 40.1 Å². The van der Waals surface area contributed by atoms with Crippen LogP contribution in [0.5, 0.6) is 5.88 Å². The summed E-state index contributed by atoms with van der Waals surface area (Å²) < 4.78 is 19.8. The number of nitrogens with zero attached hydrogens (tertiary/aromatic N) is 3. The molecule has 0 aliphatic carbocycles. The van der Waals surface area contributed by atoms with Crippen LogP contribution in [0.4, 0.5) is 4.79 Å². The van der Waals surface area contributed by atoms with Gasteiger partial charge in [0.15, 0.2) is 6.23 Å². The molecule has 2 atom stereocenters. The Morgan fingerprint density at radius 2 is 2.12 bits per heavy atom. The fourth-order valence-corrected chi connectivity index (χ4v) is 4.21. The minimum Gasteiger partial charge on any atom is -0.475 e. The van der Waals surface area contributed by atoms with Crippen molar-refractivity contribution in [2.75, 3.05) is 13.2 Å². The SMILES string of the molecule is C[C@H](CCNC(=O)OCc1ccccc1)Oc1ccc2c(n1)c(I)nn2C1CCCCO1. The molecule has 1 aromatic carbocycles. The number of hydrogen-bond acceptors (Lipinski definition) is 6. The van der Waals surface area contributed by atoms with Gasteiger partial charge in [0, 0.05) is 25.6 Å². The van der Waals surface area contributed by atoms with Gasteiger partial charge in [0.2, 0.25) is 5.88 Å². The van der Waals surface area contributed by atoms with Gasteiger partial charge in [-0.25, -0.2) is 14.5 Å². The minimum absolute atomic E-state index is 0.0324. The standard InChI is InChI=1S/C23H27IN4O4/c1-16(12-13-25-23(29)31-15-17-7-3-2-4-8-17)32-19-11-10-18-21(26-19)22(24)27-28(18)20-9-5-6-14-30-20/h2-4,7-8,10-11,16,20H,5-6,9,12-15H2,1H3,(H,25,29)/t16-,20?/m1/s1. The number of halogens is 1. The number of rotatable bonds is 8. The number of aromatic nitrogens is 3. The number of carbonyl (C=O) groups is 1. The molecule has 1 aliphatic rings. The van der Waals surface area contributed by atoms with Crippen LogP contribution in [0.15, 0.2) is 42.5 Å². The summed E-state index contributed by atoms with van der Waals surface area (Å²) in [5, 5.41) is 7.40. The van der Waals surface area contributed by atoms with E-state index in [1.54, 1.807) is 0 Å². The summed E-state index contributed by atoms with van der Waals surface area (Å²) >= 11 is 2.20. The fourth-order valence-electron chi connectivity index (χ4n) is 3.58. The average Bonchev–Trinajstić information content (AvgIpc) is 3.15. The summed E-state index contributed by atoms with van der Waals surface area (Å²) in [7, 11) is 0. The Balaban J connectivity index is 1.26. The zero-order chi connectivity index (χ0) is 22.3. The largest absolute Gasteiger partial charge is 0.475 e. The molecular weight excluding hydrogens is 523 g/mol. The number of alkyl carbamates (subject to hydrolysis) is 1. The van der Waals surface area contributed by atoms with E-state index in [9.17, 15) is 4.79 Å². The lowest BCUT2D eigenvalue weighted by molar-refractivity contribution is -0.0368. The van der Waals surface area contributed by atoms with Gasteiger partial charge >= 0.3 is 6.09 Å². The molecule has 0 bridgehead atoms. The van der Waals surface area contributed by atoms with E-state index < -0.39 is 6.09 Å². The maximum Gasteiger partial charge on any atom is 0.407 e. The summed E-state index contributed by atoms with van der Waals surface area (Å²) in [5.74, 6) is 0.540. The van der Waals surface area contributed by atoms with E-state index in [1.165, 1.54) is 0 Å². The second-order valence-corrected chi connectivity index (χ2v) is 8.80. The smallest absolute Gasteiger partial charge is 0.407 e. The van der Waals surface area contributed by atoms with Crippen LogP contribution in [0.2, 0.25) is 0 Å². The zero-order valence-electron chi connectivity index (χ0n) is 18.0. The molecule has 1 saturated heterocycles. The van der Waals surface area contributed by atoms with Crippen LogP contribution in [-0.2, 0) is 16.1 Å². The molecule has 9 heteroatoms. The Morgan fingerprint density at radius 1 is 1.28 bits per heavy atom. The molecule has 8 nitrogen and oxygen atoms in total.